The molecule has 6 nitrogen and oxygen atoms in total. The minimum Gasteiger partial charge on any atom is -0.354 e. The topological polar surface area (TPSA) is 63.9 Å². The minimum atomic E-state index is 0.0362. The van der Waals surface area contributed by atoms with E-state index in [4.69, 9.17) is 0 Å². The van der Waals surface area contributed by atoms with E-state index < -0.39 is 0 Å². The number of benzene rings is 1. The first-order chi connectivity index (χ1) is 12.8. The number of anilines is 1. The average molecular weight is 347 g/mol. The molecular weight excluding hydrogens is 326 g/mol. The molecule has 132 valence electrons. The van der Waals surface area contributed by atoms with E-state index in [2.05, 4.69) is 32.3 Å². The first kappa shape index (κ1) is 15.5. The molecule has 0 atom stereocenters. The maximum absolute atomic E-state index is 12.4. The molecular formula is C20H21N5O. The zero-order chi connectivity index (χ0) is 17.5. The van der Waals surface area contributed by atoms with E-state index in [1.807, 2.05) is 12.1 Å². The molecule has 2 aliphatic rings. The smallest absolute Gasteiger partial charge is 0.267 e. The summed E-state index contributed by atoms with van der Waals surface area (Å²) in [6.07, 6.45) is 6.14. The molecule has 1 aromatic carbocycles. The molecule has 1 aliphatic carbocycles. The molecule has 26 heavy (non-hydrogen) atoms. The van der Waals surface area contributed by atoms with E-state index in [0.717, 1.165) is 53.8 Å². The van der Waals surface area contributed by atoms with Gasteiger partial charge >= 0.3 is 0 Å². The fourth-order valence-corrected chi connectivity index (χ4v) is 4.08. The predicted octanol–water partition coefficient (Wildman–Crippen LogP) is 2.20. The normalized spacial score (nSPS) is 17.2. The minimum absolute atomic E-state index is 0.0362. The molecule has 0 unspecified atom stereocenters. The van der Waals surface area contributed by atoms with E-state index in [1.165, 1.54) is 12.8 Å². The van der Waals surface area contributed by atoms with Gasteiger partial charge in [0.1, 0.15) is 0 Å². The van der Waals surface area contributed by atoms with Crippen molar-refractivity contribution in [3.8, 4) is 0 Å². The summed E-state index contributed by atoms with van der Waals surface area (Å²) in [7, 11) is 0. The van der Waals surface area contributed by atoms with Crippen LogP contribution in [0.15, 0.2) is 41.3 Å². The fourth-order valence-electron chi connectivity index (χ4n) is 4.08. The summed E-state index contributed by atoms with van der Waals surface area (Å²) in [5.41, 5.74) is 2.31. The van der Waals surface area contributed by atoms with Gasteiger partial charge in [-0.05, 0) is 31.2 Å². The SMILES string of the molecule is O=c1cc2c(nn1CC1CN(c3nncc4ccccc34)C1)CCCC2. The second-order valence-corrected chi connectivity index (χ2v) is 7.37. The number of rotatable bonds is 3. The Morgan fingerprint density at radius 2 is 1.96 bits per heavy atom. The van der Waals surface area contributed by atoms with Crippen molar-refractivity contribution in [3.05, 3.63) is 58.1 Å². The lowest BCUT2D eigenvalue weighted by Gasteiger charge is -2.40. The molecule has 2 aromatic heterocycles. The monoisotopic (exact) mass is 347 g/mol. The first-order valence-electron chi connectivity index (χ1n) is 9.33. The summed E-state index contributed by atoms with van der Waals surface area (Å²) in [6.45, 7) is 2.45. The lowest BCUT2D eigenvalue weighted by molar-refractivity contribution is 0.330. The summed E-state index contributed by atoms with van der Waals surface area (Å²) in [4.78, 5) is 14.6. The Bertz CT molecular complexity index is 1020. The van der Waals surface area contributed by atoms with Gasteiger partial charge in [0.15, 0.2) is 5.82 Å². The number of hydrogen-bond acceptors (Lipinski definition) is 5. The van der Waals surface area contributed by atoms with Gasteiger partial charge in [-0.1, -0.05) is 24.3 Å². The van der Waals surface area contributed by atoms with Gasteiger partial charge < -0.3 is 4.90 Å². The molecule has 3 aromatic rings. The van der Waals surface area contributed by atoms with Crippen molar-refractivity contribution in [1.29, 1.82) is 0 Å². The van der Waals surface area contributed by atoms with Crippen molar-refractivity contribution in [3.63, 3.8) is 0 Å². The largest absolute Gasteiger partial charge is 0.354 e. The second kappa shape index (κ2) is 6.20. The molecule has 0 spiro atoms. The van der Waals surface area contributed by atoms with E-state index in [9.17, 15) is 4.79 Å². The zero-order valence-corrected chi connectivity index (χ0v) is 14.6. The molecule has 0 bridgehead atoms. The summed E-state index contributed by atoms with van der Waals surface area (Å²) in [5.74, 6) is 1.35. The number of fused-ring (bicyclic) bond motifs is 2. The summed E-state index contributed by atoms with van der Waals surface area (Å²) in [6, 6.07) is 9.99. The molecule has 5 rings (SSSR count). The van der Waals surface area contributed by atoms with Crippen molar-refractivity contribution in [2.75, 3.05) is 18.0 Å². The van der Waals surface area contributed by atoms with Crippen LogP contribution >= 0.6 is 0 Å². The van der Waals surface area contributed by atoms with E-state index in [1.54, 1.807) is 16.9 Å². The van der Waals surface area contributed by atoms with Crippen LogP contribution in [0.1, 0.15) is 24.1 Å². The molecule has 6 heteroatoms. The predicted molar refractivity (Wildman–Crippen MR) is 100 cm³/mol. The highest BCUT2D eigenvalue weighted by Crippen LogP contribution is 2.29. The molecule has 0 N–H and O–H groups in total. The highest BCUT2D eigenvalue weighted by molar-refractivity contribution is 5.91. The van der Waals surface area contributed by atoms with Crippen LogP contribution in [0.5, 0.6) is 0 Å². The Morgan fingerprint density at radius 3 is 2.88 bits per heavy atom. The molecule has 0 radical (unpaired) electrons. The van der Waals surface area contributed by atoms with Gasteiger partial charge in [0.25, 0.3) is 5.56 Å². The molecule has 1 fully saturated rings. The van der Waals surface area contributed by atoms with E-state index in [-0.39, 0.29) is 5.56 Å². The van der Waals surface area contributed by atoms with Crippen LogP contribution in [-0.2, 0) is 19.4 Å². The first-order valence-corrected chi connectivity index (χ1v) is 9.33. The van der Waals surface area contributed by atoms with Crippen molar-refractivity contribution in [2.45, 2.75) is 32.2 Å². The van der Waals surface area contributed by atoms with Crippen LogP contribution < -0.4 is 10.5 Å². The van der Waals surface area contributed by atoms with Crippen molar-refractivity contribution >= 4 is 16.6 Å². The van der Waals surface area contributed by atoms with E-state index >= 15 is 0 Å². The quantitative estimate of drug-likeness (QED) is 0.727. The fraction of sp³-hybridized carbons (Fsp3) is 0.400. The summed E-state index contributed by atoms with van der Waals surface area (Å²) >= 11 is 0. The zero-order valence-electron chi connectivity index (χ0n) is 14.6. The standard InChI is InChI=1S/C20H21N5O/c26-19-9-15-5-2-4-8-18(15)23-25(19)13-14-11-24(12-14)20-17-7-3-1-6-16(17)10-21-22-20/h1,3,6-7,9-10,14H,2,4-5,8,11-13H2. The van der Waals surface area contributed by atoms with Gasteiger partial charge in [0.2, 0.25) is 0 Å². The van der Waals surface area contributed by atoms with Gasteiger partial charge in [0, 0.05) is 35.8 Å². The number of aromatic nitrogens is 4. The van der Waals surface area contributed by atoms with E-state index in [0.29, 0.717) is 12.5 Å². The van der Waals surface area contributed by atoms with Crippen LogP contribution in [0.2, 0.25) is 0 Å². The Labute approximate surface area is 151 Å². The molecule has 0 saturated carbocycles. The third-order valence-corrected chi connectivity index (χ3v) is 5.51. The molecule has 0 amide bonds. The van der Waals surface area contributed by atoms with Gasteiger partial charge in [-0.25, -0.2) is 4.68 Å². The van der Waals surface area contributed by atoms with Crippen molar-refractivity contribution in [1.82, 2.24) is 20.0 Å². The van der Waals surface area contributed by atoms with Gasteiger partial charge in [-0.3, -0.25) is 4.79 Å². The molecule has 1 saturated heterocycles. The number of hydrogen-bond donors (Lipinski definition) is 0. The van der Waals surface area contributed by atoms with Crippen molar-refractivity contribution < 1.29 is 0 Å². The van der Waals surface area contributed by atoms with Crippen LogP contribution in [-0.4, -0.2) is 33.1 Å². The maximum atomic E-state index is 12.4. The maximum Gasteiger partial charge on any atom is 0.267 e. The molecule has 1 aliphatic heterocycles. The highest BCUT2D eigenvalue weighted by Gasteiger charge is 2.30. The molecule has 3 heterocycles. The summed E-state index contributed by atoms with van der Waals surface area (Å²) < 4.78 is 1.67. The Morgan fingerprint density at radius 1 is 1.12 bits per heavy atom. The van der Waals surface area contributed by atoms with Crippen LogP contribution in [0.3, 0.4) is 0 Å². The van der Waals surface area contributed by atoms with Crippen LogP contribution in [0.25, 0.3) is 10.8 Å². The third-order valence-electron chi connectivity index (χ3n) is 5.51. The Hall–Kier alpha value is -2.76. The Balaban J connectivity index is 1.32. The highest BCUT2D eigenvalue weighted by atomic mass is 16.1. The van der Waals surface area contributed by atoms with Gasteiger partial charge in [-0.15, -0.1) is 5.10 Å². The van der Waals surface area contributed by atoms with Crippen LogP contribution in [0, 0.1) is 5.92 Å². The second-order valence-electron chi connectivity index (χ2n) is 7.37. The van der Waals surface area contributed by atoms with Gasteiger partial charge in [0.05, 0.1) is 18.4 Å². The average Bonchev–Trinajstić information content (AvgIpc) is 2.64. The van der Waals surface area contributed by atoms with Crippen molar-refractivity contribution in [2.24, 2.45) is 5.92 Å². The number of nitrogens with zero attached hydrogens (tertiary/aromatic N) is 5. The third kappa shape index (κ3) is 2.66. The summed E-state index contributed by atoms with van der Waals surface area (Å²) in [5, 5.41) is 15.3. The number of aryl methyl sites for hydroxylation is 2. The van der Waals surface area contributed by atoms with Crippen LogP contribution in [0.4, 0.5) is 5.82 Å². The lowest BCUT2D eigenvalue weighted by Crippen LogP contribution is -2.50. The Kier molecular flexibility index (Phi) is 3.69. The van der Waals surface area contributed by atoms with Gasteiger partial charge in [-0.2, -0.15) is 10.2 Å². The lowest BCUT2D eigenvalue weighted by atomic mass is 9.96.